The van der Waals surface area contributed by atoms with Gasteiger partial charge in [0.05, 0.1) is 11.6 Å². The van der Waals surface area contributed by atoms with Gasteiger partial charge in [0.15, 0.2) is 0 Å². The van der Waals surface area contributed by atoms with Gasteiger partial charge >= 0.3 is 0 Å². The largest absolute Gasteiger partial charge is 0.496 e. The molecule has 0 aliphatic carbocycles. The molecule has 0 saturated carbocycles. The molecule has 0 heterocycles. The quantitative estimate of drug-likeness (QED) is 0.838. The van der Waals surface area contributed by atoms with E-state index in [1.807, 2.05) is 12.1 Å². The van der Waals surface area contributed by atoms with E-state index < -0.39 is 5.82 Å². The van der Waals surface area contributed by atoms with Crippen LogP contribution in [-0.2, 0) is 4.79 Å². The average Bonchev–Trinajstić information content (AvgIpc) is 2.45. The smallest absolute Gasteiger partial charge is 0.248 e. The Morgan fingerprint density at radius 2 is 2.10 bits per heavy atom. The Balaban J connectivity index is 2.03. The molecule has 1 amide bonds. The monoisotopic (exact) mass is 349 g/mol. The summed E-state index contributed by atoms with van der Waals surface area (Å²) >= 11 is 3.37. The molecule has 2 rings (SSSR count). The van der Waals surface area contributed by atoms with Crippen LogP contribution in [0.3, 0.4) is 0 Å². The summed E-state index contributed by atoms with van der Waals surface area (Å²) in [5.41, 5.74) is 1.26. The van der Waals surface area contributed by atoms with Crippen LogP contribution in [0.4, 0.5) is 10.1 Å². The molecule has 0 fully saturated rings. The first-order valence-corrected chi connectivity index (χ1v) is 6.96. The van der Waals surface area contributed by atoms with E-state index in [0.29, 0.717) is 5.69 Å². The van der Waals surface area contributed by atoms with Crippen molar-refractivity contribution in [3.8, 4) is 5.75 Å². The maximum absolute atomic E-state index is 13.0. The van der Waals surface area contributed by atoms with Crippen LogP contribution >= 0.6 is 15.9 Å². The molecule has 0 bridgehead atoms. The minimum atomic E-state index is -0.393. The van der Waals surface area contributed by atoms with Gasteiger partial charge in [-0.25, -0.2) is 4.39 Å². The highest BCUT2D eigenvalue weighted by molar-refractivity contribution is 9.10. The molecular formula is C16H13BrFNO2. The normalized spacial score (nSPS) is 10.6. The van der Waals surface area contributed by atoms with Crippen molar-refractivity contribution in [2.24, 2.45) is 0 Å². The number of carbonyl (C=O) groups is 1. The number of anilines is 1. The lowest BCUT2D eigenvalue weighted by Gasteiger charge is -2.04. The highest BCUT2D eigenvalue weighted by atomic mass is 79.9. The molecule has 0 unspecified atom stereocenters. The molecule has 0 saturated heterocycles. The van der Waals surface area contributed by atoms with Crippen molar-refractivity contribution in [3.05, 3.63) is 64.4 Å². The van der Waals surface area contributed by atoms with E-state index in [2.05, 4.69) is 21.2 Å². The molecule has 108 valence electrons. The van der Waals surface area contributed by atoms with Gasteiger partial charge in [-0.05, 0) is 57.9 Å². The fraction of sp³-hybridized carbons (Fsp3) is 0.0625. The van der Waals surface area contributed by atoms with Gasteiger partial charge in [-0.2, -0.15) is 0 Å². The van der Waals surface area contributed by atoms with Gasteiger partial charge in [0, 0.05) is 11.8 Å². The lowest BCUT2D eigenvalue weighted by atomic mass is 10.2. The molecule has 2 aromatic rings. The molecular weight excluding hydrogens is 337 g/mol. The standard InChI is InChI=1S/C16H13BrFNO2/c1-21-15-7-5-11(9-14(15)17)6-8-16(20)19-13-4-2-3-12(18)10-13/h2-10H,1H3,(H,19,20). The summed E-state index contributed by atoms with van der Waals surface area (Å²) in [5, 5.41) is 2.59. The summed E-state index contributed by atoms with van der Waals surface area (Å²) in [6.07, 6.45) is 3.05. The highest BCUT2D eigenvalue weighted by Crippen LogP contribution is 2.25. The van der Waals surface area contributed by atoms with Gasteiger partial charge in [-0.1, -0.05) is 12.1 Å². The minimum Gasteiger partial charge on any atom is -0.496 e. The van der Waals surface area contributed by atoms with Gasteiger partial charge in [-0.3, -0.25) is 4.79 Å². The molecule has 1 N–H and O–H groups in total. The predicted octanol–water partition coefficient (Wildman–Crippen LogP) is 4.25. The fourth-order valence-electron chi connectivity index (χ4n) is 1.71. The van der Waals surface area contributed by atoms with E-state index in [0.717, 1.165) is 15.8 Å². The summed E-state index contributed by atoms with van der Waals surface area (Å²) in [6, 6.07) is 11.2. The predicted molar refractivity (Wildman–Crippen MR) is 84.8 cm³/mol. The van der Waals surface area contributed by atoms with Crippen LogP contribution in [0.15, 0.2) is 53.0 Å². The molecule has 0 atom stereocenters. The van der Waals surface area contributed by atoms with Crippen molar-refractivity contribution in [2.75, 3.05) is 12.4 Å². The molecule has 0 radical (unpaired) electrons. The number of amides is 1. The van der Waals surface area contributed by atoms with Crippen molar-refractivity contribution in [1.82, 2.24) is 0 Å². The zero-order chi connectivity index (χ0) is 15.2. The topological polar surface area (TPSA) is 38.3 Å². The summed E-state index contributed by atoms with van der Waals surface area (Å²) in [7, 11) is 1.59. The first-order valence-electron chi connectivity index (χ1n) is 6.16. The number of hydrogen-bond acceptors (Lipinski definition) is 2. The SMILES string of the molecule is COc1ccc(C=CC(=O)Nc2cccc(F)c2)cc1Br. The molecule has 0 aromatic heterocycles. The maximum Gasteiger partial charge on any atom is 0.248 e. The number of ether oxygens (including phenoxy) is 1. The lowest BCUT2D eigenvalue weighted by molar-refractivity contribution is -0.111. The van der Waals surface area contributed by atoms with Crippen molar-refractivity contribution >= 4 is 33.6 Å². The second-order valence-electron chi connectivity index (χ2n) is 4.23. The van der Waals surface area contributed by atoms with Crippen LogP contribution in [0.25, 0.3) is 6.08 Å². The number of carbonyl (C=O) groups excluding carboxylic acids is 1. The molecule has 2 aromatic carbocycles. The second kappa shape index (κ2) is 7.04. The molecule has 21 heavy (non-hydrogen) atoms. The first kappa shape index (κ1) is 15.3. The third-order valence-corrected chi connectivity index (χ3v) is 3.31. The van der Waals surface area contributed by atoms with Gasteiger partial charge in [0.1, 0.15) is 11.6 Å². The Labute approximate surface area is 130 Å². The summed E-state index contributed by atoms with van der Waals surface area (Å²) in [4.78, 5) is 11.7. The van der Waals surface area contributed by atoms with Gasteiger partial charge in [-0.15, -0.1) is 0 Å². The van der Waals surface area contributed by atoms with E-state index in [-0.39, 0.29) is 5.91 Å². The number of benzene rings is 2. The molecule has 3 nitrogen and oxygen atoms in total. The molecule has 0 aliphatic heterocycles. The minimum absolute atomic E-state index is 0.326. The van der Waals surface area contributed by atoms with Crippen molar-refractivity contribution in [1.29, 1.82) is 0 Å². The molecule has 0 aliphatic rings. The Morgan fingerprint density at radius 1 is 1.29 bits per heavy atom. The number of halogens is 2. The van der Waals surface area contributed by atoms with Crippen molar-refractivity contribution in [2.45, 2.75) is 0 Å². The summed E-state index contributed by atoms with van der Waals surface area (Å²) < 4.78 is 18.9. The third-order valence-electron chi connectivity index (χ3n) is 2.70. The number of methoxy groups -OCH3 is 1. The zero-order valence-electron chi connectivity index (χ0n) is 11.3. The van der Waals surface area contributed by atoms with Gasteiger partial charge in [0.2, 0.25) is 5.91 Å². The summed E-state index contributed by atoms with van der Waals surface area (Å²) in [5.74, 6) is -0.000215. The van der Waals surface area contributed by atoms with Crippen LogP contribution in [0.5, 0.6) is 5.75 Å². The molecule has 0 spiro atoms. The van der Waals surface area contributed by atoms with Gasteiger partial charge in [0.25, 0.3) is 0 Å². The maximum atomic E-state index is 13.0. The number of nitrogens with one attached hydrogen (secondary N) is 1. The number of rotatable bonds is 4. The van der Waals surface area contributed by atoms with E-state index in [9.17, 15) is 9.18 Å². The van der Waals surface area contributed by atoms with Gasteiger partial charge < -0.3 is 10.1 Å². The zero-order valence-corrected chi connectivity index (χ0v) is 12.9. The average molecular weight is 350 g/mol. The number of hydrogen-bond donors (Lipinski definition) is 1. The van der Waals surface area contributed by atoms with E-state index in [1.165, 1.54) is 24.3 Å². The Kier molecular flexibility index (Phi) is 5.11. The molecule has 5 heteroatoms. The highest BCUT2D eigenvalue weighted by Gasteiger charge is 2.01. The van der Waals surface area contributed by atoms with E-state index >= 15 is 0 Å². The van der Waals surface area contributed by atoms with Crippen LogP contribution in [-0.4, -0.2) is 13.0 Å². The Morgan fingerprint density at radius 3 is 2.76 bits per heavy atom. The third kappa shape index (κ3) is 4.43. The lowest BCUT2D eigenvalue weighted by Crippen LogP contribution is -2.07. The Bertz CT molecular complexity index is 686. The van der Waals surface area contributed by atoms with Crippen molar-refractivity contribution < 1.29 is 13.9 Å². The van der Waals surface area contributed by atoms with Crippen LogP contribution in [0.1, 0.15) is 5.56 Å². The van der Waals surface area contributed by atoms with Crippen LogP contribution in [0, 0.1) is 5.82 Å². The summed E-state index contributed by atoms with van der Waals surface area (Å²) in [6.45, 7) is 0. The second-order valence-corrected chi connectivity index (χ2v) is 5.08. The van der Waals surface area contributed by atoms with Crippen molar-refractivity contribution in [3.63, 3.8) is 0 Å². The Hall–Kier alpha value is -2.14. The fourth-order valence-corrected chi connectivity index (χ4v) is 2.27. The van der Waals surface area contributed by atoms with E-state index in [4.69, 9.17) is 4.74 Å². The van der Waals surface area contributed by atoms with Crippen LogP contribution in [0.2, 0.25) is 0 Å². The van der Waals surface area contributed by atoms with E-state index in [1.54, 1.807) is 25.3 Å². The first-order chi connectivity index (χ1) is 10.1. The van der Waals surface area contributed by atoms with Crippen LogP contribution < -0.4 is 10.1 Å².